The van der Waals surface area contributed by atoms with E-state index in [1.54, 1.807) is 12.1 Å². The highest BCUT2D eigenvalue weighted by Crippen LogP contribution is 2.36. The summed E-state index contributed by atoms with van der Waals surface area (Å²) in [5.41, 5.74) is 3.17. The molecular formula is C23H26BrClNO2. The minimum atomic E-state index is -0.712. The summed E-state index contributed by atoms with van der Waals surface area (Å²) >= 11 is 9.53. The zero-order chi connectivity index (χ0) is 20.1. The Morgan fingerprint density at radius 1 is 1.21 bits per heavy atom. The maximum atomic E-state index is 10.5. The van der Waals surface area contributed by atoms with Crippen LogP contribution in [0.2, 0.25) is 5.02 Å². The fourth-order valence-corrected chi connectivity index (χ4v) is 4.01. The summed E-state index contributed by atoms with van der Waals surface area (Å²) in [4.78, 5) is 2.45. The second kappa shape index (κ2) is 9.93. The first-order chi connectivity index (χ1) is 13.4. The summed E-state index contributed by atoms with van der Waals surface area (Å²) < 4.78 is 6.97. The number of aliphatic hydroxyl groups excluding tert-OH is 1. The average molecular weight is 464 g/mol. The predicted molar refractivity (Wildman–Crippen MR) is 120 cm³/mol. The lowest BCUT2D eigenvalue weighted by Crippen LogP contribution is -2.31. The largest absolute Gasteiger partial charge is 0.489 e. The third kappa shape index (κ3) is 5.60. The van der Waals surface area contributed by atoms with Crippen molar-refractivity contribution >= 4 is 33.1 Å². The summed E-state index contributed by atoms with van der Waals surface area (Å²) in [5, 5.41) is 11.1. The van der Waals surface area contributed by atoms with Crippen LogP contribution in [0.3, 0.4) is 0 Å². The first kappa shape index (κ1) is 21.4. The molecule has 0 fully saturated rings. The number of para-hydroxylation sites is 1. The van der Waals surface area contributed by atoms with Crippen molar-refractivity contribution in [1.82, 2.24) is 4.90 Å². The van der Waals surface area contributed by atoms with Crippen molar-refractivity contribution in [3.05, 3.63) is 75.1 Å². The van der Waals surface area contributed by atoms with E-state index in [0.717, 1.165) is 47.4 Å². The van der Waals surface area contributed by atoms with Gasteiger partial charge in [0.2, 0.25) is 0 Å². The Bertz CT molecular complexity index is 820. The zero-order valence-corrected chi connectivity index (χ0v) is 18.6. The van der Waals surface area contributed by atoms with Crippen LogP contribution in [0.1, 0.15) is 37.5 Å². The normalized spacial score (nSPS) is 16.1. The molecule has 1 atom stereocenters. The zero-order valence-electron chi connectivity index (χ0n) is 16.3. The Morgan fingerprint density at radius 3 is 2.61 bits per heavy atom. The van der Waals surface area contributed by atoms with Crippen molar-refractivity contribution in [2.45, 2.75) is 26.4 Å². The molecule has 0 spiro atoms. The number of hydrogen-bond donors (Lipinski definition) is 1. The Labute approximate surface area is 181 Å². The van der Waals surface area contributed by atoms with Crippen molar-refractivity contribution in [3.63, 3.8) is 0 Å². The molecule has 1 aliphatic rings. The van der Waals surface area contributed by atoms with Crippen LogP contribution >= 0.6 is 27.5 Å². The molecule has 1 N–H and O–H groups in total. The number of nitrogens with zero attached hydrogens (tertiary/aromatic N) is 1. The number of rotatable bonds is 7. The van der Waals surface area contributed by atoms with Crippen molar-refractivity contribution in [3.8, 4) is 5.75 Å². The lowest BCUT2D eigenvalue weighted by Gasteiger charge is -2.28. The van der Waals surface area contributed by atoms with Crippen LogP contribution in [-0.4, -0.2) is 36.2 Å². The molecule has 1 heterocycles. The first-order valence-corrected chi connectivity index (χ1v) is 10.7. The molecule has 2 aromatic rings. The first-order valence-electron chi connectivity index (χ1n) is 9.49. The van der Waals surface area contributed by atoms with Crippen molar-refractivity contribution < 1.29 is 9.84 Å². The average Bonchev–Trinajstić information content (AvgIpc) is 2.67. The monoisotopic (exact) mass is 462 g/mol. The second-order valence-electron chi connectivity index (χ2n) is 7.42. The van der Waals surface area contributed by atoms with E-state index < -0.39 is 6.10 Å². The van der Waals surface area contributed by atoms with E-state index in [1.165, 1.54) is 11.5 Å². The van der Waals surface area contributed by atoms with Crippen LogP contribution in [0.25, 0.3) is 5.57 Å². The van der Waals surface area contributed by atoms with E-state index in [1.807, 2.05) is 24.3 Å². The van der Waals surface area contributed by atoms with Crippen LogP contribution in [0.15, 0.2) is 53.0 Å². The Morgan fingerprint density at radius 2 is 1.96 bits per heavy atom. The number of aliphatic hydroxyl groups is 1. The number of halogens is 2. The van der Waals surface area contributed by atoms with Gasteiger partial charge in [0.05, 0.1) is 4.47 Å². The number of ether oxygens (including phenoxy) is 1. The minimum absolute atomic E-state index is 0.181. The van der Waals surface area contributed by atoms with Gasteiger partial charge in [0.1, 0.15) is 18.5 Å². The van der Waals surface area contributed by atoms with Crippen LogP contribution in [0.4, 0.5) is 0 Å². The van der Waals surface area contributed by atoms with Gasteiger partial charge in [0.15, 0.2) is 0 Å². The molecule has 1 aliphatic heterocycles. The molecule has 149 valence electrons. The minimum Gasteiger partial charge on any atom is -0.489 e. The molecule has 1 radical (unpaired) electrons. The third-order valence-electron chi connectivity index (χ3n) is 4.79. The third-order valence-corrected chi connectivity index (χ3v) is 5.66. The molecule has 0 bridgehead atoms. The van der Waals surface area contributed by atoms with Gasteiger partial charge in [-0.05, 0) is 57.6 Å². The van der Waals surface area contributed by atoms with Gasteiger partial charge in [-0.3, -0.25) is 4.90 Å². The molecule has 2 aromatic carbocycles. The smallest absolute Gasteiger partial charge is 0.141 e. The van der Waals surface area contributed by atoms with E-state index in [-0.39, 0.29) is 6.61 Å². The fraction of sp³-hybridized carbons (Fsp3) is 0.348. The quantitative estimate of drug-likeness (QED) is 0.553. The van der Waals surface area contributed by atoms with Crippen LogP contribution in [0.5, 0.6) is 5.75 Å². The van der Waals surface area contributed by atoms with Gasteiger partial charge in [-0.15, -0.1) is 0 Å². The molecule has 3 nitrogen and oxygen atoms in total. The van der Waals surface area contributed by atoms with Gasteiger partial charge in [-0.1, -0.05) is 55.8 Å². The SMILES string of the molecule is C[C](C)CN1CC=C(c2cccc(Br)c2OC[C@H](O)c2ccc(Cl)cc2)CC1. The Kier molecular flexibility index (Phi) is 7.58. The van der Waals surface area contributed by atoms with E-state index in [0.29, 0.717) is 5.02 Å². The van der Waals surface area contributed by atoms with Crippen molar-refractivity contribution in [2.75, 3.05) is 26.2 Å². The van der Waals surface area contributed by atoms with Gasteiger partial charge in [-0.2, -0.15) is 0 Å². The molecule has 0 amide bonds. The summed E-state index contributed by atoms with van der Waals surface area (Å²) in [6, 6.07) is 13.3. The van der Waals surface area contributed by atoms with E-state index in [9.17, 15) is 5.11 Å². The predicted octanol–water partition coefficient (Wildman–Crippen LogP) is 5.92. The fourth-order valence-electron chi connectivity index (χ4n) is 3.40. The Balaban J connectivity index is 1.72. The standard InChI is InChI=1S/C23H26BrClNO2/c1-16(2)14-26-12-10-17(11-13-26)20-4-3-5-21(24)23(20)28-15-22(27)18-6-8-19(25)9-7-18/h3-10,22,27H,11-15H2,1-2H3/t22-/m0/s1. The molecule has 0 aromatic heterocycles. The lowest BCUT2D eigenvalue weighted by atomic mass is 9.98. The second-order valence-corrected chi connectivity index (χ2v) is 8.71. The van der Waals surface area contributed by atoms with Crippen molar-refractivity contribution in [2.24, 2.45) is 0 Å². The van der Waals surface area contributed by atoms with E-state index >= 15 is 0 Å². The van der Waals surface area contributed by atoms with Crippen LogP contribution in [0, 0.1) is 5.92 Å². The summed E-state index contributed by atoms with van der Waals surface area (Å²) in [7, 11) is 0. The van der Waals surface area contributed by atoms with Gasteiger partial charge in [0.25, 0.3) is 0 Å². The highest BCUT2D eigenvalue weighted by Gasteiger charge is 2.19. The van der Waals surface area contributed by atoms with Gasteiger partial charge in [0, 0.05) is 30.2 Å². The summed E-state index contributed by atoms with van der Waals surface area (Å²) in [5.74, 6) is 2.22. The molecule has 5 heteroatoms. The van der Waals surface area contributed by atoms with Gasteiger partial charge in [-0.25, -0.2) is 0 Å². The highest BCUT2D eigenvalue weighted by atomic mass is 79.9. The topological polar surface area (TPSA) is 32.7 Å². The highest BCUT2D eigenvalue weighted by molar-refractivity contribution is 9.10. The molecule has 3 rings (SSSR count). The maximum absolute atomic E-state index is 10.5. The van der Waals surface area contributed by atoms with Crippen LogP contribution in [-0.2, 0) is 0 Å². The van der Waals surface area contributed by atoms with Crippen LogP contribution < -0.4 is 4.74 Å². The summed E-state index contributed by atoms with van der Waals surface area (Å²) in [6.45, 7) is 7.55. The van der Waals surface area contributed by atoms with Crippen molar-refractivity contribution in [1.29, 1.82) is 0 Å². The van der Waals surface area contributed by atoms with E-state index in [2.05, 4.69) is 46.8 Å². The Hall–Kier alpha value is -1.33. The lowest BCUT2D eigenvalue weighted by molar-refractivity contribution is 0.107. The van der Waals surface area contributed by atoms with Gasteiger partial charge >= 0.3 is 0 Å². The number of hydrogen-bond acceptors (Lipinski definition) is 3. The molecule has 28 heavy (non-hydrogen) atoms. The molecule has 0 saturated heterocycles. The van der Waals surface area contributed by atoms with Gasteiger partial charge < -0.3 is 9.84 Å². The van der Waals surface area contributed by atoms with E-state index in [4.69, 9.17) is 16.3 Å². The maximum Gasteiger partial charge on any atom is 0.141 e. The molecule has 0 saturated carbocycles. The molecule has 0 aliphatic carbocycles. The number of benzene rings is 2. The summed E-state index contributed by atoms with van der Waals surface area (Å²) in [6.07, 6.45) is 2.56. The molecular weight excluding hydrogens is 438 g/mol. The molecule has 0 unspecified atom stereocenters.